The molecular formula is C17H19N3O2. The smallest absolute Gasteiger partial charge is 0.256 e. The molecule has 1 atom stereocenters. The van der Waals surface area contributed by atoms with E-state index in [2.05, 4.69) is 9.97 Å². The number of benzene rings is 1. The molecule has 0 bridgehead atoms. The Balaban J connectivity index is 1.68. The van der Waals surface area contributed by atoms with Crippen LogP contribution in [0.1, 0.15) is 23.2 Å². The lowest BCUT2D eigenvalue weighted by Crippen LogP contribution is -2.35. The standard InChI is InChI=1S/C17H19N3O2/c1-20(11-15(21)12-7-8-12)17(22)14-9-18-16(19-10-14)13-5-3-2-4-6-13/h2-6,9-10,12,15,21H,7-8,11H2,1H3. The predicted octanol–water partition coefficient (Wildman–Crippen LogP) is 1.99. The van der Waals surface area contributed by atoms with E-state index in [1.54, 1.807) is 7.05 Å². The highest BCUT2D eigenvalue weighted by atomic mass is 16.3. The van der Waals surface area contributed by atoms with Crippen LogP contribution < -0.4 is 0 Å². The summed E-state index contributed by atoms with van der Waals surface area (Å²) in [5, 5.41) is 9.92. The Morgan fingerprint density at radius 1 is 1.27 bits per heavy atom. The molecule has 1 aliphatic rings. The summed E-state index contributed by atoms with van der Waals surface area (Å²) in [6.45, 7) is 0.351. The van der Waals surface area contributed by atoms with Gasteiger partial charge in [-0.1, -0.05) is 30.3 Å². The number of aliphatic hydroxyl groups excluding tert-OH is 1. The van der Waals surface area contributed by atoms with Crippen LogP contribution in [0.3, 0.4) is 0 Å². The molecule has 1 saturated carbocycles. The van der Waals surface area contributed by atoms with Crippen LogP contribution >= 0.6 is 0 Å². The first kappa shape index (κ1) is 14.7. The molecule has 0 spiro atoms. The maximum Gasteiger partial charge on any atom is 0.256 e. The van der Waals surface area contributed by atoms with Crippen LogP contribution in [0.5, 0.6) is 0 Å². The summed E-state index contributed by atoms with van der Waals surface area (Å²) in [6, 6.07) is 9.63. The van der Waals surface area contributed by atoms with Crippen LogP contribution in [0.25, 0.3) is 11.4 Å². The molecule has 3 rings (SSSR count). The van der Waals surface area contributed by atoms with Gasteiger partial charge in [-0.3, -0.25) is 4.79 Å². The number of rotatable bonds is 5. The van der Waals surface area contributed by atoms with E-state index >= 15 is 0 Å². The fourth-order valence-corrected chi connectivity index (χ4v) is 2.39. The van der Waals surface area contributed by atoms with Crippen LogP contribution in [-0.4, -0.2) is 45.6 Å². The molecule has 1 heterocycles. The molecule has 5 heteroatoms. The van der Waals surface area contributed by atoms with Gasteiger partial charge in [0, 0.05) is 31.5 Å². The summed E-state index contributed by atoms with van der Waals surface area (Å²) < 4.78 is 0. The van der Waals surface area contributed by atoms with Crippen molar-refractivity contribution in [2.45, 2.75) is 18.9 Å². The molecule has 0 radical (unpaired) electrons. The van der Waals surface area contributed by atoms with Crippen molar-refractivity contribution < 1.29 is 9.90 Å². The molecule has 1 aromatic heterocycles. The van der Waals surface area contributed by atoms with E-state index in [9.17, 15) is 9.90 Å². The second kappa shape index (κ2) is 6.23. The van der Waals surface area contributed by atoms with Gasteiger partial charge in [-0.15, -0.1) is 0 Å². The quantitative estimate of drug-likeness (QED) is 0.916. The molecule has 0 saturated heterocycles. The third-order valence-corrected chi connectivity index (χ3v) is 3.90. The summed E-state index contributed by atoms with van der Waals surface area (Å²) in [4.78, 5) is 22.4. The van der Waals surface area contributed by atoms with Crippen molar-refractivity contribution >= 4 is 5.91 Å². The fourth-order valence-electron chi connectivity index (χ4n) is 2.39. The van der Waals surface area contributed by atoms with Gasteiger partial charge in [-0.25, -0.2) is 9.97 Å². The van der Waals surface area contributed by atoms with Crippen molar-refractivity contribution in [3.63, 3.8) is 0 Å². The molecular weight excluding hydrogens is 278 g/mol. The van der Waals surface area contributed by atoms with Crippen LogP contribution in [-0.2, 0) is 0 Å². The summed E-state index contributed by atoms with van der Waals surface area (Å²) in [5.41, 5.74) is 1.35. The fraction of sp³-hybridized carbons (Fsp3) is 0.353. The van der Waals surface area contributed by atoms with Crippen LogP contribution in [0.4, 0.5) is 0 Å². The van der Waals surface area contributed by atoms with Gasteiger partial charge < -0.3 is 10.0 Å². The lowest BCUT2D eigenvalue weighted by molar-refractivity contribution is 0.0644. The van der Waals surface area contributed by atoms with Gasteiger partial charge in [0.2, 0.25) is 0 Å². The molecule has 1 aromatic carbocycles. The third-order valence-electron chi connectivity index (χ3n) is 3.90. The SMILES string of the molecule is CN(CC(O)C1CC1)C(=O)c1cnc(-c2ccccc2)nc1. The molecule has 1 fully saturated rings. The highest BCUT2D eigenvalue weighted by Gasteiger charge is 2.31. The number of aromatic nitrogens is 2. The maximum atomic E-state index is 12.3. The Kier molecular flexibility index (Phi) is 4.15. The summed E-state index contributed by atoms with van der Waals surface area (Å²) in [6.07, 6.45) is 4.75. The first-order chi connectivity index (χ1) is 10.6. The topological polar surface area (TPSA) is 66.3 Å². The highest BCUT2D eigenvalue weighted by Crippen LogP contribution is 2.32. The van der Waals surface area contributed by atoms with Gasteiger partial charge in [0.25, 0.3) is 5.91 Å². The Bertz CT molecular complexity index is 639. The van der Waals surface area contributed by atoms with Crippen molar-refractivity contribution in [1.29, 1.82) is 0 Å². The van der Waals surface area contributed by atoms with Crippen molar-refractivity contribution in [2.24, 2.45) is 5.92 Å². The van der Waals surface area contributed by atoms with Gasteiger partial charge in [0.1, 0.15) is 0 Å². The average molecular weight is 297 g/mol. The number of hydrogen-bond acceptors (Lipinski definition) is 4. The predicted molar refractivity (Wildman–Crippen MR) is 83.2 cm³/mol. The molecule has 1 amide bonds. The Morgan fingerprint density at radius 2 is 1.91 bits per heavy atom. The van der Waals surface area contributed by atoms with Gasteiger partial charge >= 0.3 is 0 Å². The molecule has 5 nitrogen and oxygen atoms in total. The molecule has 1 aliphatic carbocycles. The van der Waals surface area contributed by atoms with Crippen molar-refractivity contribution in [1.82, 2.24) is 14.9 Å². The molecule has 114 valence electrons. The molecule has 0 aliphatic heterocycles. The number of aliphatic hydroxyl groups is 1. The van der Waals surface area contributed by atoms with Crippen molar-refractivity contribution in [2.75, 3.05) is 13.6 Å². The van der Waals surface area contributed by atoms with E-state index < -0.39 is 6.10 Å². The lowest BCUT2D eigenvalue weighted by Gasteiger charge is -2.20. The zero-order valence-electron chi connectivity index (χ0n) is 12.5. The summed E-state index contributed by atoms with van der Waals surface area (Å²) in [5.74, 6) is 0.782. The molecule has 1 unspecified atom stereocenters. The van der Waals surface area contributed by atoms with Crippen LogP contribution in [0.15, 0.2) is 42.7 Å². The Hall–Kier alpha value is -2.27. The minimum Gasteiger partial charge on any atom is -0.391 e. The molecule has 22 heavy (non-hydrogen) atoms. The number of carbonyl (C=O) groups is 1. The lowest BCUT2D eigenvalue weighted by atomic mass is 10.2. The van der Waals surface area contributed by atoms with E-state index in [0.29, 0.717) is 23.9 Å². The van der Waals surface area contributed by atoms with E-state index in [0.717, 1.165) is 18.4 Å². The first-order valence-electron chi connectivity index (χ1n) is 7.46. The number of amides is 1. The van der Waals surface area contributed by atoms with E-state index in [-0.39, 0.29) is 5.91 Å². The zero-order valence-corrected chi connectivity index (χ0v) is 12.5. The Morgan fingerprint density at radius 3 is 2.50 bits per heavy atom. The largest absolute Gasteiger partial charge is 0.391 e. The number of hydrogen-bond donors (Lipinski definition) is 1. The van der Waals surface area contributed by atoms with Crippen molar-refractivity contribution in [3.05, 3.63) is 48.3 Å². The molecule has 2 aromatic rings. The normalized spacial score (nSPS) is 15.4. The number of nitrogens with zero attached hydrogens (tertiary/aromatic N) is 3. The molecule has 1 N–H and O–H groups in total. The number of likely N-dealkylation sites (N-methyl/N-ethyl adjacent to an activating group) is 1. The summed E-state index contributed by atoms with van der Waals surface area (Å²) in [7, 11) is 1.69. The van der Waals surface area contributed by atoms with Gasteiger partial charge in [0.15, 0.2) is 5.82 Å². The van der Waals surface area contributed by atoms with Crippen LogP contribution in [0, 0.1) is 5.92 Å². The first-order valence-corrected chi connectivity index (χ1v) is 7.46. The van der Waals surface area contributed by atoms with E-state index in [1.807, 2.05) is 30.3 Å². The summed E-state index contributed by atoms with van der Waals surface area (Å²) >= 11 is 0. The minimum absolute atomic E-state index is 0.167. The van der Waals surface area contributed by atoms with E-state index in [1.165, 1.54) is 17.3 Å². The van der Waals surface area contributed by atoms with Gasteiger partial charge in [0.05, 0.1) is 11.7 Å². The highest BCUT2D eigenvalue weighted by molar-refractivity contribution is 5.93. The Labute approximate surface area is 129 Å². The van der Waals surface area contributed by atoms with Gasteiger partial charge in [-0.2, -0.15) is 0 Å². The minimum atomic E-state index is -0.432. The maximum absolute atomic E-state index is 12.3. The van der Waals surface area contributed by atoms with E-state index in [4.69, 9.17) is 0 Å². The second-order valence-corrected chi connectivity index (χ2v) is 5.75. The third kappa shape index (κ3) is 3.31. The van der Waals surface area contributed by atoms with Crippen LogP contribution in [0.2, 0.25) is 0 Å². The average Bonchev–Trinajstić information content (AvgIpc) is 3.40. The van der Waals surface area contributed by atoms with Crippen molar-refractivity contribution in [3.8, 4) is 11.4 Å². The number of carbonyl (C=O) groups excluding carboxylic acids is 1. The van der Waals surface area contributed by atoms with Gasteiger partial charge in [-0.05, 0) is 18.8 Å². The second-order valence-electron chi connectivity index (χ2n) is 5.75. The monoisotopic (exact) mass is 297 g/mol. The zero-order chi connectivity index (χ0) is 15.5.